The molecule has 0 saturated heterocycles. The van der Waals surface area contributed by atoms with E-state index in [0.717, 1.165) is 0 Å². The molecule has 0 atom stereocenters. The summed E-state index contributed by atoms with van der Waals surface area (Å²) in [6.45, 7) is 5.77. The third-order valence-electron chi connectivity index (χ3n) is 0.982. The van der Waals surface area contributed by atoms with Crippen molar-refractivity contribution in [3.8, 4) is 0 Å². The van der Waals surface area contributed by atoms with Crippen LogP contribution in [0, 0.1) is 0 Å². The lowest BCUT2D eigenvalue weighted by Gasteiger charge is -2.03. The van der Waals surface area contributed by atoms with Gasteiger partial charge in [-0.3, -0.25) is 4.79 Å². The lowest BCUT2D eigenvalue weighted by Crippen LogP contribution is -2.28. The maximum absolute atomic E-state index is 10.9. The second-order valence-electron chi connectivity index (χ2n) is 2.55. The summed E-state index contributed by atoms with van der Waals surface area (Å²) in [7, 11) is 0. The molecule has 1 amide bonds. The van der Waals surface area contributed by atoms with Gasteiger partial charge in [0.05, 0.1) is 0 Å². The number of carbonyl (C=O) groups excluding carboxylic acids is 1. The summed E-state index contributed by atoms with van der Waals surface area (Å²) in [5, 5.41) is 2.74. The van der Waals surface area contributed by atoms with E-state index in [-0.39, 0.29) is 11.9 Å². The number of rotatable bonds is 3. The predicted octanol–water partition coefficient (Wildman–Crippen LogP) is 1.64. The summed E-state index contributed by atoms with van der Waals surface area (Å²) >= 11 is 0. The van der Waals surface area contributed by atoms with Crippen LogP contribution < -0.4 is 5.32 Å². The van der Waals surface area contributed by atoms with Gasteiger partial charge < -0.3 is 5.32 Å². The molecule has 2 heteroatoms. The van der Waals surface area contributed by atoms with Gasteiger partial charge in [0.2, 0.25) is 5.91 Å². The molecule has 0 aliphatic carbocycles. The van der Waals surface area contributed by atoms with Crippen molar-refractivity contribution in [2.75, 3.05) is 0 Å². The van der Waals surface area contributed by atoms with E-state index < -0.39 is 0 Å². The van der Waals surface area contributed by atoms with E-state index in [1.54, 1.807) is 6.08 Å². The van der Waals surface area contributed by atoms with Crippen molar-refractivity contribution in [1.82, 2.24) is 5.32 Å². The number of amides is 1. The molecule has 0 aliphatic heterocycles. The number of hydrogen-bond acceptors (Lipinski definition) is 1. The van der Waals surface area contributed by atoms with Crippen LogP contribution in [-0.4, -0.2) is 11.9 Å². The smallest absolute Gasteiger partial charge is 0.244 e. The Balaban J connectivity index is 3.69. The largest absolute Gasteiger partial charge is 0.350 e. The molecule has 0 rings (SSSR count). The van der Waals surface area contributed by atoms with Crippen LogP contribution >= 0.6 is 0 Å². The third kappa shape index (κ3) is 6.84. The summed E-state index contributed by atoms with van der Waals surface area (Å²) in [6.07, 6.45) is 6.93. The molecule has 0 aromatic heterocycles. The Morgan fingerprint density at radius 2 is 2.00 bits per heavy atom. The van der Waals surface area contributed by atoms with Crippen molar-refractivity contribution < 1.29 is 4.79 Å². The first-order valence-electron chi connectivity index (χ1n) is 3.76. The Morgan fingerprint density at radius 1 is 1.36 bits per heavy atom. The zero-order valence-corrected chi connectivity index (χ0v) is 7.29. The van der Waals surface area contributed by atoms with E-state index >= 15 is 0 Å². The highest BCUT2D eigenvalue weighted by Gasteiger charge is 1.95. The SMILES string of the molecule is C/C=C\C=C/C(=O)NC(C)C. The maximum Gasteiger partial charge on any atom is 0.244 e. The van der Waals surface area contributed by atoms with Crippen LogP contribution in [0.3, 0.4) is 0 Å². The van der Waals surface area contributed by atoms with Gasteiger partial charge in [-0.25, -0.2) is 0 Å². The van der Waals surface area contributed by atoms with E-state index in [0.29, 0.717) is 0 Å². The fraction of sp³-hybridized carbons (Fsp3) is 0.444. The average molecular weight is 153 g/mol. The third-order valence-corrected chi connectivity index (χ3v) is 0.982. The molecule has 0 spiro atoms. The molecule has 0 heterocycles. The number of carbonyl (C=O) groups is 1. The van der Waals surface area contributed by atoms with E-state index in [2.05, 4.69) is 5.32 Å². The summed E-state index contributed by atoms with van der Waals surface area (Å²) < 4.78 is 0. The van der Waals surface area contributed by atoms with Gasteiger partial charge in [0.25, 0.3) is 0 Å². The normalized spacial score (nSPS) is 11.6. The molecule has 1 N–H and O–H groups in total. The maximum atomic E-state index is 10.9. The zero-order valence-electron chi connectivity index (χ0n) is 7.29. The Hall–Kier alpha value is -1.05. The van der Waals surface area contributed by atoms with E-state index in [1.165, 1.54) is 6.08 Å². The van der Waals surface area contributed by atoms with Crippen molar-refractivity contribution in [2.45, 2.75) is 26.8 Å². The van der Waals surface area contributed by atoms with Crippen LogP contribution in [0.5, 0.6) is 0 Å². The van der Waals surface area contributed by atoms with Crippen LogP contribution in [0.4, 0.5) is 0 Å². The minimum absolute atomic E-state index is 0.0434. The summed E-state index contributed by atoms with van der Waals surface area (Å²) in [4.78, 5) is 10.9. The van der Waals surface area contributed by atoms with Crippen LogP contribution in [0.15, 0.2) is 24.3 Å². The van der Waals surface area contributed by atoms with Gasteiger partial charge in [-0.1, -0.05) is 18.2 Å². The Bertz CT molecular complexity index is 168. The van der Waals surface area contributed by atoms with Crippen LogP contribution in [0.25, 0.3) is 0 Å². The molecule has 0 aromatic rings. The van der Waals surface area contributed by atoms with Crippen molar-refractivity contribution in [3.05, 3.63) is 24.3 Å². The first kappa shape index (κ1) is 9.95. The highest BCUT2D eigenvalue weighted by atomic mass is 16.1. The fourth-order valence-corrected chi connectivity index (χ4v) is 0.587. The van der Waals surface area contributed by atoms with Gasteiger partial charge in [0.15, 0.2) is 0 Å². The molecule has 0 fully saturated rings. The molecule has 2 nitrogen and oxygen atoms in total. The average Bonchev–Trinajstić information content (AvgIpc) is 1.86. The van der Waals surface area contributed by atoms with E-state index in [4.69, 9.17) is 0 Å². The standard InChI is InChI=1S/C9H15NO/c1-4-5-6-7-9(11)10-8(2)3/h4-8H,1-3H3,(H,10,11)/b5-4-,7-6-. The van der Waals surface area contributed by atoms with E-state index in [1.807, 2.05) is 32.9 Å². The lowest BCUT2D eigenvalue weighted by molar-refractivity contribution is -0.116. The van der Waals surface area contributed by atoms with Crippen molar-refractivity contribution in [3.63, 3.8) is 0 Å². The fourth-order valence-electron chi connectivity index (χ4n) is 0.587. The second-order valence-corrected chi connectivity index (χ2v) is 2.55. The zero-order chi connectivity index (χ0) is 8.69. The molecule has 0 bridgehead atoms. The first-order valence-corrected chi connectivity index (χ1v) is 3.76. The van der Waals surface area contributed by atoms with Gasteiger partial charge in [-0.15, -0.1) is 0 Å². The van der Waals surface area contributed by atoms with Gasteiger partial charge in [-0.05, 0) is 20.8 Å². The minimum atomic E-state index is -0.0434. The highest BCUT2D eigenvalue weighted by molar-refractivity contribution is 5.87. The van der Waals surface area contributed by atoms with Crippen molar-refractivity contribution in [2.24, 2.45) is 0 Å². The lowest BCUT2D eigenvalue weighted by atomic mass is 10.3. The number of hydrogen-bond donors (Lipinski definition) is 1. The molecular formula is C9H15NO. The van der Waals surface area contributed by atoms with Gasteiger partial charge >= 0.3 is 0 Å². The quantitative estimate of drug-likeness (QED) is 0.484. The molecule has 0 aliphatic rings. The van der Waals surface area contributed by atoms with Gasteiger partial charge in [0.1, 0.15) is 0 Å². The second kappa shape index (κ2) is 5.71. The highest BCUT2D eigenvalue weighted by Crippen LogP contribution is 1.80. The molecule has 0 unspecified atom stereocenters. The van der Waals surface area contributed by atoms with E-state index in [9.17, 15) is 4.79 Å². The Morgan fingerprint density at radius 3 is 2.45 bits per heavy atom. The molecule has 0 radical (unpaired) electrons. The minimum Gasteiger partial charge on any atom is -0.350 e. The summed E-state index contributed by atoms with van der Waals surface area (Å²) in [5.41, 5.74) is 0. The van der Waals surface area contributed by atoms with Crippen LogP contribution in [0.1, 0.15) is 20.8 Å². The number of allylic oxidation sites excluding steroid dienone is 3. The molecule has 0 aromatic carbocycles. The molecule has 11 heavy (non-hydrogen) atoms. The molecule has 62 valence electrons. The van der Waals surface area contributed by atoms with Crippen LogP contribution in [0.2, 0.25) is 0 Å². The topological polar surface area (TPSA) is 29.1 Å². The van der Waals surface area contributed by atoms with Crippen molar-refractivity contribution >= 4 is 5.91 Å². The van der Waals surface area contributed by atoms with Gasteiger partial charge in [0, 0.05) is 12.1 Å². The Labute approximate surface area is 68.0 Å². The number of nitrogens with one attached hydrogen (secondary N) is 1. The summed E-state index contributed by atoms with van der Waals surface area (Å²) in [5.74, 6) is -0.0434. The first-order chi connectivity index (χ1) is 5.16. The molecule has 0 saturated carbocycles. The van der Waals surface area contributed by atoms with Crippen LogP contribution in [-0.2, 0) is 4.79 Å². The Kier molecular flexibility index (Phi) is 5.17. The molecular weight excluding hydrogens is 138 g/mol. The monoisotopic (exact) mass is 153 g/mol. The predicted molar refractivity (Wildman–Crippen MR) is 47.2 cm³/mol. The van der Waals surface area contributed by atoms with Crippen molar-refractivity contribution in [1.29, 1.82) is 0 Å². The van der Waals surface area contributed by atoms with Gasteiger partial charge in [-0.2, -0.15) is 0 Å². The summed E-state index contributed by atoms with van der Waals surface area (Å²) in [6, 6.07) is 0.206.